The lowest BCUT2D eigenvalue weighted by Crippen LogP contribution is -2.32. The van der Waals surface area contributed by atoms with Crippen LogP contribution in [-0.2, 0) is 24.4 Å². The largest absolute Gasteiger partial charge is 0.489 e. The van der Waals surface area contributed by atoms with E-state index >= 15 is 0 Å². The molecule has 3 aromatic rings. The predicted octanol–water partition coefficient (Wildman–Crippen LogP) is 5.06. The SMILES string of the molecule is CN(Cc1ccccc1)C(=O)CC1CCc2cc(OCc3ccccc3)ccc2C1=O. The average molecular weight is 414 g/mol. The second-order valence-corrected chi connectivity index (χ2v) is 8.13. The van der Waals surface area contributed by atoms with Crippen molar-refractivity contribution in [3.05, 3.63) is 101 Å². The molecular formula is C27H27NO3. The Bertz CT molecular complexity index is 1050. The van der Waals surface area contributed by atoms with Crippen LogP contribution in [0.3, 0.4) is 0 Å². The number of ether oxygens (including phenoxy) is 1. The van der Waals surface area contributed by atoms with Crippen molar-refractivity contribution in [3.63, 3.8) is 0 Å². The summed E-state index contributed by atoms with van der Waals surface area (Å²) in [7, 11) is 1.80. The third-order valence-corrected chi connectivity index (χ3v) is 5.83. The van der Waals surface area contributed by atoms with E-state index in [4.69, 9.17) is 4.74 Å². The van der Waals surface area contributed by atoms with Gasteiger partial charge in [-0.15, -0.1) is 0 Å². The lowest BCUT2D eigenvalue weighted by molar-refractivity contribution is -0.131. The summed E-state index contributed by atoms with van der Waals surface area (Å²) in [6.45, 7) is 1.05. The van der Waals surface area contributed by atoms with Crippen molar-refractivity contribution < 1.29 is 14.3 Å². The quantitative estimate of drug-likeness (QED) is 0.544. The number of fused-ring (bicyclic) bond motifs is 1. The first kappa shape index (κ1) is 20.9. The van der Waals surface area contributed by atoms with Crippen LogP contribution in [0.4, 0.5) is 0 Å². The van der Waals surface area contributed by atoms with Crippen molar-refractivity contribution in [2.75, 3.05) is 7.05 Å². The number of rotatable bonds is 7. The third-order valence-electron chi connectivity index (χ3n) is 5.83. The van der Waals surface area contributed by atoms with Gasteiger partial charge in [-0.1, -0.05) is 60.7 Å². The van der Waals surface area contributed by atoms with Crippen LogP contribution in [0.25, 0.3) is 0 Å². The van der Waals surface area contributed by atoms with Gasteiger partial charge in [0, 0.05) is 31.5 Å². The van der Waals surface area contributed by atoms with Crippen LogP contribution in [0.2, 0.25) is 0 Å². The first-order chi connectivity index (χ1) is 15.1. The fourth-order valence-corrected chi connectivity index (χ4v) is 4.04. The van der Waals surface area contributed by atoms with Crippen LogP contribution in [0.15, 0.2) is 78.9 Å². The molecule has 0 heterocycles. The third kappa shape index (κ3) is 5.21. The molecule has 1 aliphatic carbocycles. The van der Waals surface area contributed by atoms with Crippen molar-refractivity contribution in [2.45, 2.75) is 32.4 Å². The van der Waals surface area contributed by atoms with Crippen molar-refractivity contribution >= 4 is 11.7 Å². The van der Waals surface area contributed by atoms with Crippen molar-refractivity contribution in [3.8, 4) is 5.75 Å². The molecule has 0 saturated carbocycles. The number of hydrogen-bond acceptors (Lipinski definition) is 3. The summed E-state index contributed by atoms with van der Waals surface area (Å²) in [6, 6.07) is 25.6. The molecule has 1 aliphatic rings. The Morgan fingerprint density at radius 3 is 2.35 bits per heavy atom. The summed E-state index contributed by atoms with van der Waals surface area (Å²) in [5, 5.41) is 0. The Morgan fingerprint density at radius 2 is 1.65 bits per heavy atom. The molecule has 1 amide bonds. The number of carbonyl (C=O) groups is 2. The van der Waals surface area contributed by atoms with Gasteiger partial charge in [0.25, 0.3) is 0 Å². The van der Waals surface area contributed by atoms with Gasteiger partial charge in [-0.25, -0.2) is 0 Å². The highest BCUT2D eigenvalue weighted by Gasteiger charge is 2.30. The van der Waals surface area contributed by atoms with Crippen LogP contribution in [0, 0.1) is 5.92 Å². The Balaban J connectivity index is 1.36. The number of amides is 1. The molecule has 4 rings (SSSR count). The highest BCUT2D eigenvalue weighted by molar-refractivity contribution is 6.02. The number of aryl methyl sites for hydroxylation is 1. The molecule has 0 radical (unpaired) electrons. The van der Waals surface area contributed by atoms with Crippen LogP contribution in [-0.4, -0.2) is 23.6 Å². The lowest BCUT2D eigenvalue weighted by atomic mass is 9.81. The zero-order chi connectivity index (χ0) is 21.6. The minimum absolute atomic E-state index is 0.00784. The highest BCUT2D eigenvalue weighted by Crippen LogP contribution is 2.31. The Kier molecular flexibility index (Phi) is 6.46. The van der Waals surface area contributed by atoms with E-state index < -0.39 is 0 Å². The smallest absolute Gasteiger partial charge is 0.223 e. The zero-order valence-corrected chi connectivity index (χ0v) is 17.8. The zero-order valence-electron chi connectivity index (χ0n) is 17.8. The van der Waals surface area contributed by atoms with E-state index in [1.54, 1.807) is 11.9 Å². The van der Waals surface area contributed by atoms with Gasteiger partial charge < -0.3 is 9.64 Å². The van der Waals surface area contributed by atoms with Crippen molar-refractivity contribution in [1.82, 2.24) is 4.90 Å². The van der Waals surface area contributed by atoms with E-state index in [0.29, 0.717) is 19.6 Å². The summed E-state index contributed by atoms with van der Waals surface area (Å²) < 4.78 is 5.90. The topological polar surface area (TPSA) is 46.6 Å². The van der Waals surface area contributed by atoms with Crippen LogP contribution < -0.4 is 4.74 Å². The Hall–Kier alpha value is -3.40. The first-order valence-electron chi connectivity index (χ1n) is 10.7. The van der Waals surface area contributed by atoms with E-state index in [-0.39, 0.29) is 24.0 Å². The van der Waals surface area contributed by atoms with Gasteiger partial charge in [-0.2, -0.15) is 0 Å². The number of carbonyl (C=O) groups excluding carboxylic acids is 2. The molecule has 0 N–H and O–H groups in total. The van der Waals surface area contributed by atoms with Gasteiger partial charge >= 0.3 is 0 Å². The van der Waals surface area contributed by atoms with E-state index in [2.05, 4.69) is 0 Å². The van der Waals surface area contributed by atoms with Crippen LogP contribution in [0.1, 0.15) is 39.9 Å². The fraction of sp³-hybridized carbons (Fsp3) is 0.259. The van der Waals surface area contributed by atoms with E-state index in [1.165, 1.54) is 0 Å². The Morgan fingerprint density at radius 1 is 0.968 bits per heavy atom. The molecule has 158 valence electrons. The predicted molar refractivity (Wildman–Crippen MR) is 121 cm³/mol. The van der Waals surface area contributed by atoms with Crippen molar-refractivity contribution in [1.29, 1.82) is 0 Å². The molecule has 1 atom stereocenters. The van der Waals surface area contributed by atoms with E-state index in [0.717, 1.165) is 34.4 Å². The molecular weight excluding hydrogens is 386 g/mol. The van der Waals surface area contributed by atoms with E-state index in [1.807, 2.05) is 78.9 Å². The van der Waals surface area contributed by atoms with E-state index in [9.17, 15) is 9.59 Å². The van der Waals surface area contributed by atoms with Gasteiger partial charge in [0.05, 0.1) is 0 Å². The molecule has 1 unspecified atom stereocenters. The summed E-state index contributed by atoms with van der Waals surface area (Å²) in [4.78, 5) is 27.4. The van der Waals surface area contributed by atoms with Gasteiger partial charge in [0.15, 0.2) is 5.78 Å². The summed E-state index contributed by atoms with van der Waals surface area (Å²) in [6.07, 6.45) is 1.73. The fourth-order valence-electron chi connectivity index (χ4n) is 4.04. The van der Waals surface area contributed by atoms with Crippen molar-refractivity contribution in [2.24, 2.45) is 5.92 Å². The van der Waals surface area contributed by atoms with Crippen LogP contribution >= 0.6 is 0 Å². The molecule has 0 bridgehead atoms. The maximum Gasteiger partial charge on any atom is 0.223 e. The monoisotopic (exact) mass is 413 g/mol. The van der Waals surface area contributed by atoms with Gasteiger partial charge in [0.2, 0.25) is 5.91 Å². The maximum atomic E-state index is 13.0. The molecule has 0 saturated heterocycles. The number of Topliss-reactive ketones (excluding diaryl/α,β-unsaturated/α-hetero) is 1. The number of hydrogen-bond donors (Lipinski definition) is 0. The minimum atomic E-state index is -0.255. The summed E-state index contributed by atoms with van der Waals surface area (Å²) in [5.41, 5.74) is 3.93. The van der Waals surface area contributed by atoms with Crippen LogP contribution in [0.5, 0.6) is 5.75 Å². The molecule has 4 nitrogen and oxygen atoms in total. The molecule has 0 fully saturated rings. The summed E-state index contributed by atoms with van der Waals surface area (Å²) in [5.74, 6) is 0.590. The second kappa shape index (κ2) is 9.61. The second-order valence-electron chi connectivity index (χ2n) is 8.13. The highest BCUT2D eigenvalue weighted by atomic mass is 16.5. The standard InChI is InChI=1S/C27H27NO3/c1-28(18-20-8-4-2-5-9-20)26(29)17-23-13-12-22-16-24(14-15-25(22)27(23)30)31-19-21-10-6-3-7-11-21/h2-11,14-16,23H,12-13,17-19H2,1H3. The normalized spacial score (nSPS) is 15.3. The molecule has 0 aromatic heterocycles. The average Bonchev–Trinajstić information content (AvgIpc) is 2.81. The molecule has 4 heteroatoms. The molecule has 3 aromatic carbocycles. The minimum Gasteiger partial charge on any atom is -0.489 e. The number of nitrogens with zero attached hydrogens (tertiary/aromatic N) is 1. The van der Waals surface area contributed by atoms with Gasteiger partial charge in [-0.3, -0.25) is 9.59 Å². The first-order valence-corrected chi connectivity index (χ1v) is 10.7. The lowest BCUT2D eigenvalue weighted by Gasteiger charge is -2.25. The molecule has 0 aliphatic heterocycles. The number of benzene rings is 3. The number of ketones is 1. The van der Waals surface area contributed by atoms with Gasteiger partial charge in [-0.05, 0) is 47.7 Å². The molecule has 0 spiro atoms. The Labute approximate surface area is 183 Å². The maximum absolute atomic E-state index is 13.0. The molecule has 31 heavy (non-hydrogen) atoms. The van der Waals surface area contributed by atoms with Gasteiger partial charge in [0.1, 0.15) is 12.4 Å². The summed E-state index contributed by atoms with van der Waals surface area (Å²) >= 11 is 0.